The van der Waals surface area contributed by atoms with Crippen LogP contribution in [0.1, 0.15) is 72.8 Å². The number of phenols is 4. The van der Waals surface area contributed by atoms with E-state index in [0.717, 1.165) is 27.2 Å². The summed E-state index contributed by atoms with van der Waals surface area (Å²) < 4.78 is 6.26. The quantitative estimate of drug-likeness (QED) is 0.0217. The fourth-order valence-corrected chi connectivity index (χ4v) is 13.4. The number of nitrogens with zero attached hydrogens (tertiary/aromatic N) is 17. The summed E-state index contributed by atoms with van der Waals surface area (Å²) in [5.74, 6) is -5.93. The molecule has 626 valence electrons. The second kappa shape index (κ2) is 37.9. The van der Waals surface area contributed by atoms with Gasteiger partial charge in [0.2, 0.25) is 17.5 Å². The molecule has 0 bridgehead atoms. The van der Waals surface area contributed by atoms with Gasteiger partial charge in [0.05, 0.1) is 57.8 Å². The number of para-hydroxylation sites is 5. The molecule has 0 atom stereocenters. The van der Waals surface area contributed by atoms with Gasteiger partial charge >= 0.3 is 5.97 Å². The highest BCUT2D eigenvalue weighted by Gasteiger charge is 2.26. The van der Waals surface area contributed by atoms with Crippen LogP contribution in [0.25, 0.3) is 75.9 Å². The van der Waals surface area contributed by atoms with Crippen molar-refractivity contribution in [2.45, 2.75) is 0 Å². The third-order valence-corrected chi connectivity index (χ3v) is 19.5. The van der Waals surface area contributed by atoms with Gasteiger partial charge in [-0.15, -0.1) is 40.9 Å². The van der Waals surface area contributed by atoms with Crippen LogP contribution in [0.2, 0.25) is 0 Å². The number of hydrogen-bond acceptors (Lipinski definition) is 28. The van der Waals surface area contributed by atoms with Crippen LogP contribution in [-0.2, 0) is 11.8 Å². The molecular weight excluding hydrogens is 1630 g/mol. The summed E-state index contributed by atoms with van der Waals surface area (Å²) in [6.45, 7) is 0. The monoisotopic (exact) mass is 1700 g/mol. The average Bonchev–Trinajstić information content (AvgIpc) is 1.05. The molecule has 0 aliphatic heterocycles. The Hall–Kier alpha value is -18.8. The van der Waals surface area contributed by atoms with Crippen molar-refractivity contribution in [3.63, 3.8) is 0 Å². The summed E-state index contributed by atoms with van der Waals surface area (Å²) in [5, 5.41) is 96.1. The molecule has 5 heterocycles. The van der Waals surface area contributed by atoms with Gasteiger partial charge in [-0.2, -0.15) is 5.10 Å². The van der Waals surface area contributed by atoms with Gasteiger partial charge in [0.1, 0.15) is 45.8 Å². The van der Waals surface area contributed by atoms with Crippen LogP contribution in [-0.4, -0.2) is 114 Å². The van der Waals surface area contributed by atoms with Gasteiger partial charge < -0.3 is 58.3 Å². The molecule has 0 aliphatic carbocycles. The number of aryl methyl sites for hydroxylation is 1. The molecule has 13 aromatic carbocycles. The van der Waals surface area contributed by atoms with E-state index in [4.69, 9.17) is 17.2 Å². The van der Waals surface area contributed by atoms with Gasteiger partial charge in [0, 0.05) is 75.5 Å². The standard InChI is InChI=1S/C24H18N8O3.C24H16N4O2.C23H17N5O4.C22H16N6O3/c1-32-20-18(11-28-32)26-12-27-23(20)31-30-19-14-7-3-2-6-13(14)10-16(21(19)33)24(35)29-17-9-5-4-8-15(17)22(25)34;25-24(30)18-13-14-7-1-2-8-15(14)22(23(18)29)28-27-21-16-9-3-5-11-19(16)26-20-12-6-4-10-17(20)21;1-32-23(31)19-21(25-12-11-24-19)28-27-18-16-10-6-5-7-14(16)13-17(20(18)29)22(30)26-15-8-3-2-4-9-15;23-20(30)18-21(25-11-10-24-18)28-27-17-15-9-5-4-6-13(15)12-16(19(17)29)22(31)26-14-7-2-1-3-8-14/h2-12,33H,1H3,(H2,25,34)(H,29,35);1-13,29H,(H2,25,30);2-13,29H,1H3,(H,26,30);1-12,29H,(H2,23,30)(H,26,31). The number of pyridine rings is 1. The Morgan fingerprint density at radius 2 is 0.703 bits per heavy atom. The summed E-state index contributed by atoms with van der Waals surface area (Å²) in [7, 11) is 2.94. The summed E-state index contributed by atoms with van der Waals surface area (Å²) in [6.07, 6.45) is 8.24. The Bertz CT molecular complexity index is 7530. The maximum absolute atomic E-state index is 13.1. The van der Waals surface area contributed by atoms with E-state index in [9.17, 15) is 54.0 Å². The van der Waals surface area contributed by atoms with Crippen molar-refractivity contribution in [1.82, 2.24) is 44.7 Å². The number of azo groups is 4. The number of aromatic hydroxyl groups is 4. The normalized spacial score (nSPS) is 11.2. The number of fused-ring (bicyclic) bond motifs is 7. The van der Waals surface area contributed by atoms with E-state index in [1.165, 1.54) is 50.4 Å². The van der Waals surface area contributed by atoms with Crippen molar-refractivity contribution in [3.05, 3.63) is 331 Å². The molecule has 0 fully saturated rings. The van der Waals surface area contributed by atoms with Gasteiger partial charge in [-0.3, -0.25) is 33.4 Å². The first-order chi connectivity index (χ1) is 62.2. The molecule has 128 heavy (non-hydrogen) atoms. The molecule has 5 aromatic heterocycles. The number of phenolic OH excluding ortho intramolecular Hbond substituents is 3. The van der Waals surface area contributed by atoms with E-state index in [-0.39, 0.29) is 108 Å². The van der Waals surface area contributed by atoms with Crippen molar-refractivity contribution in [2.75, 3.05) is 23.1 Å². The third kappa shape index (κ3) is 18.3. The van der Waals surface area contributed by atoms with E-state index in [1.807, 2.05) is 84.9 Å². The highest BCUT2D eigenvalue weighted by molar-refractivity contribution is 6.16. The number of amides is 6. The van der Waals surface area contributed by atoms with E-state index < -0.39 is 41.4 Å². The molecule has 18 rings (SSSR count). The number of nitrogens with two attached hydrogens (primary N) is 3. The number of aromatic nitrogens is 9. The summed E-state index contributed by atoms with van der Waals surface area (Å²) in [6, 6.07) is 74.3. The number of anilines is 3. The second-order valence-corrected chi connectivity index (χ2v) is 27.5. The lowest BCUT2D eigenvalue weighted by Crippen LogP contribution is -2.18. The first-order valence-electron chi connectivity index (χ1n) is 38.5. The molecule has 0 saturated carbocycles. The van der Waals surface area contributed by atoms with Gasteiger partial charge in [0.25, 0.3) is 35.4 Å². The number of benzene rings is 13. The second-order valence-electron chi connectivity index (χ2n) is 27.5. The SMILES string of the molecule is COC(=O)c1nccnc1N=Nc1c(O)c(C(=O)Nc2ccccc2)cc2ccccc12.Cn1ncc2ncnc(N=Nc3c(O)c(C(=O)Nc4ccccc4C(N)=O)cc4ccccc34)c21.NC(=O)c1cc2ccccc2c(N=Nc2c3ccccc3nc3ccccc23)c1O.NC(=O)c1nccnc1N=Nc1c(O)c(C(=O)Nc2ccccc2)cc2ccccc12. The van der Waals surface area contributed by atoms with E-state index >= 15 is 0 Å². The topological polar surface area (TPSA) is 531 Å². The van der Waals surface area contributed by atoms with Crippen LogP contribution in [0.4, 0.5) is 63.0 Å². The lowest BCUT2D eigenvalue weighted by molar-refractivity contribution is 0.0593. The Balaban J connectivity index is 0.000000131. The Labute approximate surface area is 722 Å². The van der Waals surface area contributed by atoms with Gasteiger partial charge in [-0.05, 0) is 94.3 Å². The number of carbonyl (C=O) groups excluding carboxylic acids is 7. The number of nitrogens with one attached hydrogen (secondary N) is 3. The predicted molar refractivity (Wildman–Crippen MR) is 479 cm³/mol. The van der Waals surface area contributed by atoms with Crippen molar-refractivity contribution < 1.29 is 58.7 Å². The third-order valence-electron chi connectivity index (χ3n) is 19.5. The first kappa shape index (κ1) is 84.2. The van der Waals surface area contributed by atoms with Crippen molar-refractivity contribution >= 4 is 180 Å². The minimum Gasteiger partial charge on any atom is -0.505 e. The number of primary amides is 3. The van der Waals surface area contributed by atoms with E-state index in [0.29, 0.717) is 65.8 Å². The Morgan fingerprint density at radius 1 is 0.344 bits per heavy atom. The van der Waals surface area contributed by atoms with Crippen molar-refractivity contribution in [3.8, 4) is 23.0 Å². The van der Waals surface area contributed by atoms with Crippen molar-refractivity contribution in [1.29, 1.82) is 0 Å². The molecule has 0 saturated heterocycles. The molecule has 0 aliphatic rings. The largest absolute Gasteiger partial charge is 0.505 e. The zero-order valence-electron chi connectivity index (χ0n) is 67.1. The molecular formula is C93H67N23O12. The summed E-state index contributed by atoms with van der Waals surface area (Å²) in [4.78, 5) is 115. The molecule has 0 radical (unpaired) electrons. The first-order valence-corrected chi connectivity index (χ1v) is 38.5. The lowest BCUT2D eigenvalue weighted by Gasteiger charge is -2.12. The highest BCUT2D eigenvalue weighted by atomic mass is 16.5. The number of methoxy groups -OCH3 is 1. The number of rotatable bonds is 18. The maximum Gasteiger partial charge on any atom is 0.360 e. The maximum atomic E-state index is 13.1. The number of hydrogen-bond donors (Lipinski definition) is 10. The van der Waals surface area contributed by atoms with Crippen LogP contribution >= 0.6 is 0 Å². The van der Waals surface area contributed by atoms with Crippen LogP contribution in [0.5, 0.6) is 23.0 Å². The smallest absolute Gasteiger partial charge is 0.360 e. The van der Waals surface area contributed by atoms with Crippen molar-refractivity contribution in [2.24, 2.45) is 65.2 Å². The Morgan fingerprint density at radius 3 is 1.16 bits per heavy atom. The molecule has 6 amide bonds. The predicted octanol–water partition coefficient (Wildman–Crippen LogP) is 18.6. The molecule has 0 spiro atoms. The molecule has 0 unspecified atom stereocenters. The minimum absolute atomic E-state index is 0.00657. The lowest BCUT2D eigenvalue weighted by atomic mass is 10.0. The van der Waals surface area contributed by atoms with Gasteiger partial charge in [-0.1, -0.05) is 182 Å². The number of esters is 1. The molecule has 18 aromatic rings. The van der Waals surface area contributed by atoms with E-state index in [2.05, 4.69) is 102 Å². The number of ether oxygens (including phenoxy) is 1. The van der Waals surface area contributed by atoms with Crippen LogP contribution in [0.15, 0.2) is 333 Å². The summed E-state index contributed by atoms with van der Waals surface area (Å²) >= 11 is 0. The highest BCUT2D eigenvalue weighted by Crippen LogP contribution is 2.45. The fourth-order valence-electron chi connectivity index (χ4n) is 13.4. The van der Waals surface area contributed by atoms with Crippen LogP contribution in [0.3, 0.4) is 0 Å². The zero-order valence-corrected chi connectivity index (χ0v) is 67.1. The fraction of sp³-hybridized carbons (Fsp3) is 0.0215. The minimum atomic E-state index is -0.813. The van der Waals surface area contributed by atoms with Gasteiger partial charge in [-0.25, -0.2) is 39.7 Å². The molecule has 13 N–H and O–H groups in total. The average molecular weight is 1700 g/mol. The molecule has 35 heteroatoms. The summed E-state index contributed by atoms with van der Waals surface area (Å²) in [5.41, 5.74) is 21.2. The van der Waals surface area contributed by atoms with Gasteiger partial charge in [0.15, 0.2) is 34.4 Å². The van der Waals surface area contributed by atoms with Crippen LogP contribution in [0, 0.1) is 0 Å². The Kier molecular flexibility index (Phi) is 24.9. The van der Waals surface area contributed by atoms with Crippen LogP contribution < -0.4 is 33.2 Å². The van der Waals surface area contributed by atoms with E-state index in [1.54, 1.807) is 176 Å². The number of carbonyl (C=O) groups is 7. The zero-order chi connectivity index (χ0) is 89.5. The molecule has 35 nitrogen and oxygen atoms in total.